The Bertz CT molecular complexity index is 1010. The molecule has 144 valence electrons. The predicted molar refractivity (Wildman–Crippen MR) is 108 cm³/mol. The second kappa shape index (κ2) is 7.46. The van der Waals surface area contributed by atoms with Gasteiger partial charge in [0.2, 0.25) is 11.8 Å². The maximum Gasteiger partial charge on any atom is 0.242 e. The van der Waals surface area contributed by atoms with Crippen LogP contribution in [0.25, 0.3) is 11.0 Å². The molecule has 28 heavy (non-hydrogen) atoms. The molecule has 1 aromatic heterocycles. The summed E-state index contributed by atoms with van der Waals surface area (Å²) in [5, 5.41) is 0. The number of likely N-dealkylation sites (tertiary alicyclic amines) is 1. The Morgan fingerprint density at radius 1 is 1.14 bits per heavy atom. The van der Waals surface area contributed by atoms with E-state index >= 15 is 0 Å². The van der Waals surface area contributed by atoms with Gasteiger partial charge >= 0.3 is 0 Å². The van der Waals surface area contributed by atoms with E-state index in [4.69, 9.17) is 4.98 Å². The van der Waals surface area contributed by atoms with Crippen molar-refractivity contribution in [3.63, 3.8) is 0 Å². The van der Waals surface area contributed by atoms with Crippen molar-refractivity contribution in [2.45, 2.75) is 25.4 Å². The van der Waals surface area contributed by atoms with E-state index in [-0.39, 0.29) is 24.3 Å². The molecule has 1 aliphatic heterocycles. The molecular weight excluding hydrogens is 352 g/mol. The average Bonchev–Trinajstić information content (AvgIpc) is 3.23. The first-order valence-corrected chi connectivity index (χ1v) is 9.50. The number of carbonyl (C=O) groups is 2. The Morgan fingerprint density at radius 2 is 1.86 bits per heavy atom. The van der Waals surface area contributed by atoms with E-state index in [0.717, 1.165) is 22.4 Å². The summed E-state index contributed by atoms with van der Waals surface area (Å²) in [6.07, 6.45) is 0.438. The van der Waals surface area contributed by atoms with Gasteiger partial charge in [0, 0.05) is 39.5 Å². The van der Waals surface area contributed by atoms with Crippen LogP contribution in [0.4, 0.5) is 0 Å². The number of nitrogens with zero attached hydrogens (tertiary/aromatic N) is 4. The molecular formula is C22H24N4O2. The van der Waals surface area contributed by atoms with Crippen molar-refractivity contribution in [2.24, 2.45) is 0 Å². The van der Waals surface area contributed by atoms with Crippen molar-refractivity contribution in [2.75, 3.05) is 20.6 Å². The van der Waals surface area contributed by atoms with Gasteiger partial charge in [-0.1, -0.05) is 42.5 Å². The minimum Gasteiger partial charge on any atom is -0.345 e. The number of amides is 2. The molecule has 4 rings (SSSR count). The Hall–Kier alpha value is -3.15. The number of rotatable bonds is 5. The SMILES string of the molecule is CN(Cc1ccccc1)C(=O)Cn1c(C2CC(=O)N(C)C2)nc2ccccc21. The van der Waals surface area contributed by atoms with Gasteiger partial charge in [-0.25, -0.2) is 4.98 Å². The normalized spacial score (nSPS) is 16.7. The standard InChI is InChI=1S/C22H24N4O2/c1-24(13-16-8-4-3-5-9-16)21(28)15-26-19-11-7-6-10-18(19)23-22(26)17-12-20(27)25(2)14-17/h3-11,17H,12-15H2,1-2H3. The minimum absolute atomic E-state index is 0.0112. The number of imidazole rings is 1. The van der Waals surface area contributed by atoms with Crippen molar-refractivity contribution in [1.82, 2.24) is 19.4 Å². The van der Waals surface area contributed by atoms with Crippen LogP contribution in [-0.4, -0.2) is 51.8 Å². The predicted octanol–water partition coefficient (Wildman–Crippen LogP) is 2.64. The van der Waals surface area contributed by atoms with Gasteiger partial charge in [0.1, 0.15) is 12.4 Å². The molecule has 0 N–H and O–H groups in total. The van der Waals surface area contributed by atoms with Gasteiger partial charge in [0.05, 0.1) is 11.0 Å². The maximum absolute atomic E-state index is 13.0. The van der Waals surface area contributed by atoms with E-state index in [1.807, 2.05) is 73.3 Å². The van der Waals surface area contributed by atoms with Gasteiger partial charge in [0.25, 0.3) is 0 Å². The molecule has 6 heteroatoms. The Morgan fingerprint density at radius 3 is 2.57 bits per heavy atom. The van der Waals surface area contributed by atoms with Crippen LogP contribution in [0.1, 0.15) is 23.7 Å². The van der Waals surface area contributed by atoms with E-state index in [9.17, 15) is 9.59 Å². The summed E-state index contributed by atoms with van der Waals surface area (Å²) in [5.74, 6) is 0.972. The smallest absolute Gasteiger partial charge is 0.242 e. The van der Waals surface area contributed by atoms with Crippen LogP contribution in [0.2, 0.25) is 0 Å². The molecule has 1 aliphatic rings. The molecule has 0 radical (unpaired) electrons. The fourth-order valence-electron chi connectivity index (χ4n) is 3.81. The first kappa shape index (κ1) is 18.2. The molecule has 0 bridgehead atoms. The number of carbonyl (C=O) groups excluding carboxylic acids is 2. The zero-order chi connectivity index (χ0) is 19.7. The first-order chi connectivity index (χ1) is 13.5. The number of fused-ring (bicyclic) bond motifs is 1. The maximum atomic E-state index is 13.0. The largest absolute Gasteiger partial charge is 0.345 e. The molecule has 1 atom stereocenters. The van der Waals surface area contributed by atoms with E-state index in [1.54, 1.807) is 9.80 Å². The molecule has 2 aromatic carbocycles. The summed E-state index contributed by atoms with van der Waals surface area (Å²) in [5.41, 5.74) is 2.89. The zero-order valence-corrected chi connectivity index (χ0v) is 16.2. The Kier molecular flexibility index (Phi) is 4.86. The molecule has 2 amide bonds. The van der Waals surface area contributed by atoms with Crippen LogP contribution in [0.5, 0.6) is 0 Å². The van der Waals surface area contributed by atoms with Crippen LogP contribution in [0, 0.1) is 0 Å². The highest BCUT2D eigenvalue weighted by molar-refractivity contribution is 5.82. The molecule has 6 nitrogen and oxygen atoms in total. The number of para-hydroxylation sites is 2. The molecule has 1 unspecified atom stereocenters. The highest BCUT2D eigenvalue weighted by Gasteiger charge is 2.32. The molecule has 0 spiro atoms. The van der Waals surface area contributed by atoms with Crippen molar-refractivity contribution in [3.8, 4) is 0 Å². The highest BCUT2D eigenvalue weighted by atomic mass is 16.2. The topological polar surface area (TPSA) is 58.4 Å². The lowest BCUT2D eigenvalue weighted by Gasteiger charge is -2.20. The highest BCUT2D eigenvalue weighted by Crippen LogP contribution is 2.29. The van der Waals surface area contributed by atoms with Crippen LogP contribution in [0.3, 0.4) is 0 Å². The molecule has 2 heterocycles. The number of hydrogen-bond donors (Lipinski definition) is 0. The molecule has 1 saturated heterocycles. The van der Waals surface area contributed by atoms with Gasteiger partial charge < -0.3 is 14.4 Å². The summed E-state index contributed by atoms with van der Waals surface area (Å²) in [7, 11) is 3.63. The third kappa shape index (κ3) is 3.50. The van der Waals surface area contributed by atoms with E-state index in [0.29, 0.717) is 19.5 Å². The second-order valence-electron chi connectivity index (χ2n) is 7.46. The summed E-state index contributed by atoms with van der Waals surface area (Å²) in [4.78, 5) is 33.2. The van der Waals surface area contributed by atoms with Gasteiger partial charge in [-0.3, -0.25) is 9.59 Å². The fraction of sp³-hybridized carbons (Fsp3) is 0.318. The quantitative estimate of drug-likeness (QED) is 0.688. The summed E-state index contributed by atoms with van der Waals surface area (Å²) < 4.78 is 1.98. The van der Waals surface area contributed by atoms with E-state index in [1.165, 1.54) is 0 Å². The van der Waals surface area contributed by atoms with Crippen LogP contribution in [-0.2, 0) is 22.7 Å². The summed E-state index contributed by atoms with van der Waals surface area (Å²) in [6.45, 7) is 1.41. The van der Waals surface area contributed by atoms with Crippen molar-refractivity contribution < 1.29 is 9.59 Å². The molecule has 1 fully saturated rings. The van der Waals surface area contributed by atoms with Crippen LogP contribution in [0.15, 0.2) is 54.6 Å². The number of hydrogen-bond acceptors (Lipinski definition) is 3. The zero-order valence-electron chi connectivity index (χ0n) is 16.2. The van der Waals surface area contributed by atoms with Crippen molar-refractivity contribution >= 4 is 22.8 Å². The Balaban J connectivity index is 1.61. The fourth-order valence-corrected chi connectivity index (χ4v) is 3.81. The van der Waals surface area contributed by atoms with Gasteiger partial charge in [-0.05, 0) is 17.7 Å². The monoisotopic (exact) mass is 376 g/mol. The summed E-state index contributed by atoms with van der Waals surface area (Å²) in [6, 6.07) is 17.8. The Labute approximate surface area is 164 Å². The molecule has 0 saturated carbocycles. The summed E-state index contributed by atoms with van der Waals surface area (Å²) >= 11 is 0. The lowest BCUT2D eigenvalue weighted by atomic mass is 10.1. The van der Waals surface area contributed by atoms with E-state index < -0.39 is 0 Å². The van der Waals surface area contributed by atoms with Gasteiger partial charge in [-0.15, -0.1) is 0 Å². The van der Waals surface area contributed by atoms with Gasteiger partial charge in [-0.2, -0.15) is 0 Å². The van der Waals surface area contributed by atoms with Gasteiger partial charge in [0.15, 0.2) is 0 Å². The lowest BCUT2D eigenvalue weighted by molar-refractivity contribution is -0.131. The van der Waals surface area contributed by atoms with Crippen LogP contribution >= 0.6 is 0 Å². The van der Waals surface area contributed by atoms with Crippen LogP contribution < -0.4 is 0 Å². The average molecular weight is 376 g/mol. The van der Waals surface area contributed by atoms with E-state index in [2.05, 4.69) is 0 Å². The lowest BCUT2D eigenvalue weighted by Crippen LogP contribution is -2.30. The molecule has 0 aliphatic carbocycles. The minimum atomic E-state index is 0.0112. The van der Waals surface area contributed by atoms with Crippen molar-refractivity contribution in [3.05, 3.63) is 66.0 Å². The third-order valence-corrected chi connectivity index (χ3v) is 5.37. The van der Waals surface area contributed by atoms with Crippen molar-refractivity contribution in [1.29, 1.82) is 0 Å². The number of benzene rings is 2. The number of likely N-dealkylation sites (N-methyl/N-ethyl adjacent to an activating group) is 2. The number of aromatic nitrogens is 2. The first-order valence-electron chi connectivity index (χ1n) is 9.50. The molecule has 3 aromatic rings. The third-order valence-electron chi connectivity index (χ3n) is 5.37. The second-order valence-corrected chi connectivity index (χ2v) is 7.46.